The van der Waals surface area contributed by atoms with Crippen LogP contribution in [0.4, 0.5) is 20.2 Å². The summed E-state index contributed by atoms with van der Waals surface area (Å²) in [6.45, 7) is 5.28. The van der Waals surface area contributed by atoms with E-state index in [1.807, 2.05) is 56.1 Å². The fourth-order valence-corrected chi connectivity index (χ4v) is 3.86. The van der Waals surface area contributed by atoms with Crippen LogP contribution in [0.2, 0.25) is 0 Å². The van der Waals surface area contributed by atoms with E-state index in [0.717, 1.165) is 5.56 Å². The molecule has 0 heterocycles. The molecular weight excluding hydrogens is 462 g/mol. The molecule has 2 atom stereocenters. The molecule has 0 aromatic heterocycles. The number of nitrogens with zero attached hydrogens (tertiary/aromatic N) is 1. The Morgan fingerprint density at radius 2 is 1.67 bits per heavy atom. The summed E-state index contributed by atoms with van der Waals surface area (Å²) in [5.41, 5.74) is 1.61. The summed E-state index contributed by atoms with van der Waals surface area (Å²) < 4.78 is 28.4. The molecule has 3 N–H and O–H groups in total. The Kier molecular flexibility index (Phi) is 9.53. The average molecular weight is 495 g/mol. The van der Waals surface area contributed by atoms with E-state index in [-0.39, 0.29) is 18.0 Å². The van der Waals surface area contributed by atoms with Crippen LogP contribution in [-0.4, -0.2) is 44.0 Å². The van der Waals surface area contributed by atoms with E-state index in [0.29, 0.717) is 24.5 Å². The molecule has 190 valence electrons. The van der Waals surface area contributed by atoms with E-state index in [2.05, 4.69) is 16.0 Å². The number of halogens is 2. The lowest BCUT2D eigenvalue weighted by Gasteiger charge is -2.29. The minimum atomic E-state index is -1.03. The number of anilines is 2. The summed E-state index contributed by atoms with van der Waals surface area (Å²) in [7, 11) is 1.86. The quantitative estimate of drug-likeness (QED) is 0.370. The molecule has 3 aromatic rings. The summed E-state index contributed by atoms with van der Waals surface area (Å²) in [6.07, 6.45) is 0.172. The number of amides is 2. The van der Waals surface area contributed by atoms with Gasteiger partial charge in [0.1, 0.15) is 17.7 Å². The second-order valence-electron chi connectivity index (χ2n) is 8.57. The maximum atomic E-state index is 14.2. The van der Waals surface area contributed by atoms with Crippen LogP contribution >= 0.6 is 0 Å². The van der Waals surface area contributed by atoms with Crippen molar-refractivity contribution in [3.05, 3.63) is 95.6 Å². The lowest BCUT2D eigenvalue weighted by atomic mass is 10.0. The molecule has 8 heteroatoms. The van der Waals surface area contributed by atoms with Gasteiger partial charge < -0.3 is 20.9 Å². The van der Waals surface area contributed by atoms with Gasteiger partial charge in [0.05, 0.1) is 16.9 Å². The molecule has 0 fully saturated rings. The van der Waals surface area contributed by atoms with Crippen molar-refractivity contribution in [2.75, 3.05) is 30.4 Å². The van der Waals surface area contributed by atoms with Crippen LogP contribution in [0.5, 0.6) is 0 Å². The molecule has 0 saturated heterocycles. The Morgan fingerprint density at radius 3 is 2.33 bits per heavy atom. The maximum absolute atomic E-state index is 14.2. The Bertz CT molecular complexity index is 1170. The van der Waals surface area contributed by atoms with E-state index in [1.165, 1.54) is 30.3 Å². The zero-order valence-corrected chi connectivity index (χ0v) is 20.7. The van der Waals surface area contributed by atoms with Crippen molar-refractivity contribution < 1.29 is 18.4 Å². The van der Waals surface area contributed by atoms with Gasteiger partial charge in [0.25, 0.3) is 5.91 Å². The summed E-state index contributed by atoms with van der Waals surface area (Å²) in [5, 5.41) is 8.63. The van der Waals surface area contributed by atoms with Gasteiger partial charge in [-0.05, 0) is 56.8 Å². The van der Waals surface area contributed by atoms with Crippen molar-refractivity contribution in [3.8, 4) is 0 Å². The van der Waals surface area contributed by atoms with Crippen molar-refractivity contribution in [2.24, 2.45) is 0 Å². The second kappa shape index (κ2) is 12.8. The first-order valence-electron chi connectivity index (χ1n) is 11.9. The summed E-state index contributed by atoms with van der Waals surface area (Å²) in [5.74, 6) is -2.42. The third kappa shape index (κ3) is 7.11. The topological polar surface area (TPSA) is 73.5 Å². The molecule has 0 aliphatic carbocycles. The SMILES string of the molecule is CCN(CC(C)NC)c1ccc(F)cc1NC(=O)C(Cc1ccccc1)NC(=O)c1ccccc1F. The molecule has 0 saturated carbocycles. The smallest absolute Gasteiger partial charge is 0.254 e. The molecule has 36 heavy (non-hydrogen) atoms. The van der Waals surface area contributed by atoms with Gasteiger partial charge in [-0.2, -0.15) is 0 Å². The molecule has 0 bridgehead atoms. The van der Waals surface area contributed by atoms with Gasteiger partial charge in [-0.3, -0.25) is 9.59 Å². The van der Waals surface area contributed by atoms with Crippen molar-refractivity contribution in [2.45, 2.75) is 32.4 Å². The third-order valence-electron chi connectivity index (χ3n) is 5.95. The minimum absolute atomic E-state index is 0.157. The molecule has 6 nitrogen and oxygen atoms in total. The predicted molar refractivity (Wildman–Crippen MR) is 139 cm³/mol. The van der Waals surface area contributed by atoms with Crippen LogP contribution in [0.1, 0.15) is 29.8 Å². The Hall–Kier alpha value is -3.78. The number of hydrogen-bond acceptors (Lipinski definition) is 4. The summed E-state index contributed by atoms with van der Waals surface area (Å²) in [4.78, 5) is 28.3. The maximum Gasteiger partial charge on any atom is 0.254 e. The minimum Gasteiger partial charge on any atom is -0.369 e. The number of carbonyl (C=O) groups excluding carboxylic acids is 2. The number of nitrogens with one attached hydrogen (secondary N) is 3. The Balaban J connectivity index is 1.89. The van der Waals surface area contributed by atoms with Crippen molar-refractivity contribution in [3.63, 3.8) is 0 Å². The Morgan fingerprint density at radius 1 is 0.972 bits per heavy atom. The van der Waals surface area contributed by atoms with E-state index in [9.17, 15) is 18.4 Å². The standard InChI is InChI=1S/C28H32F2N4O2/c1-4-34(18-19(2)31-3)26-15-14-21(29)17-24(26)32-28(36)25(16-20-10-6-5-7-11-20)33-27(35)22-12-8-9-13-23(22)30/h5-15,17,19,25,31H,4,16,18H2,1-3H3,(H,32,36)(H,33,35). The summed E-state index contributed by atoms with van der Waals surface area (Å²) in [6, 6.07) is 18.1. The molecule has 0 radical (unpaired) electrons. The molecule has 2 unspecified atom stereocenters. The van der Waals surface area contributed by atoms with Crippen molar-refractivity contribution in [1.82, 2.24) is 10.6 Å². The first-order valence-corrected chi connectivity index (χ1v) is 11.9. The van der Waals surface area contributed by atoms with Crippen LogP contribution in [-0.2, 0) is 11.2 Å². The lowest BCUT2D eigenvalue weighted by molar-refractivity contribution is -0.118. The molecule has 0 aliphatic heterocycles. The molecule has 0 spiro atoms. The number of carbonyl (C=O) groups is 2. The Labute approximate surface area is 210 Å². The van der Waals surface area contributed by atoms with Gasteiger partial charge in [0.15, 0.2) is 0 Å². The molecule has 2 amide bonds. The van der Waals surface area contributed by atoms with Gasteiger partial charge in [-0.15, -0.1) is 0 Å². The van der Waals surface area contributed by atoms with Gasteiger partial charge in [-0.1, -0.05) is 42.5 Å². The summed E-state index contributed by atoms with van der Waals surface area (Å²) >= 11 is 0. The van der Waals surface area contributed by atoms with Crippen molar-refractivity contribution in [1.29, 1.82) is 0 Å². The third-order valence-corrected chi connectivity index (χ3v) is 5.95. The van der Waals surface area contributed by atoms with Crippen molar-refractivity contribution >= 4 is 23.2 Å². The highest BCUT2D eigenvalue weighted by Gasteiger charge is 2.25. The van der Waals surface area contributed by atoms with Gasteiger partial charge in [-0.25, -0.2) is 8.78 Å². The van der Waals surface area contributed by atoms with E-state index < -0.39 is 29.5 Å². The lowest BCUT2D eigenvalue weighted by Crippen LogP contribution is -2.45. The fraction of sp³-hybridized carbons (Fsp3) is 0.286. The van der Waals surface area contributed by atoms with Crippen LogP contribution < -0.4 is 20.9 Å². The zero-order chi connectivity index (χ0) is 26.1. The zero-order valence-electron chi connectivity index (χ0n) is 20.7. The van der Waals surface area contributed by atoms with Gasteiger partial charge in [0, 0.05) is 25.6 Å². The number of hydrogen-bond donors (Lipinski definition) is 3. The highest BCUT2D eigenvalue weighted by molar-refractivity contribution is 6.02. The van der Waals surface area contributed by atoms with E-state index >= 15 is 0 Å². The molecule has 3 aromatic carbocycles. The monoisotopic (exact) mass is 494 g/mol. The number of benzene rings is 3. The molecule has 3 rings (SSSR count). The normalized spacial score (nSPS) is 12.5. The first kappa shape index (κ1) is 26.8. The van der Waals surface area contributed by atoms with Crippen LogP contribution in [0.15, 0.2) is 72.8 Å². The van der Waals surface area contributed by atoms with Gasteiger partial charge in [0.2, 0.25) is 5.91 Å². The van der Waals surface area contributed by atoms with Crippen LogP contribution in [0.25, 0.3) is 0 Å². The number of rotatable bonds is 11. The molecular formula is C28H32F2N4O2. The number of likely N-dealkylation sites (N-methyl/N-ethyl adjacent to an activating group) is 2. The highest BCUT2D eigenvalue weighted by Crippen LogP contribution is 2.27. The largest absolute Gasteiger partial charge is 0.369 e. The predicted octanol–water partition coefficient (Wildman–Crippen LogP) is 4.38. The molecule has 0 aliphatic rings. The average Bonchev–Trinajstić information content (AvgIpc) is 2.88. The van der Waals surface area contributed by atoms with Crippen LogP contribution in [0, 0.1) is 11.6 Å². The first-order chi connectivity index (χ1) is 17.3. The van der Waals surface area contributed by atoms with Crippen LogP contribution in [0.3, 0.4) is 0 Å². The highest BCUT2D eigenvalue weighted by atomic mass is 19.1. The van der Waals surface area contributed by atoms with E-state index in [4.69, 9.17) is 0 Å². The second-order valence-corrected chi connectivity index (χ2v) is 8.57. The van der Waals surface area contributed by atoms with Gasteiger partial charge >= 0.3 is 0 Å². The fourth-order valence-electron chi connectivity index (χ4n) is 3.86. The van der Waals surface area contributed by atoms with E-state index in [1.54, 1.807) is 12.1 Å².